The van der Waals surface area contributed by atoms with Gasteiger partial charge in [-0.1, -0.05) is 51.1 Å². The molecule has 1 amide bonds. The number of nitrogens with zero attached hydrogens (tertiary/aromatic N) is 1. The molecule has 0 saturated carbocycles. The number of piperidine rings is 1. The van der Waals surface area contributed by atoms with Crippen LogP contribution in [0.5, 0.6) is 5.75 Å². The van der Waals surface area contributed by atoms with E-state index in [1.165, 1.54) is 11.1 Å². The fourth-order valence-electron chi connectivity index (χ4n) is 4.92. The van der Waals surface area contributed by atoms with Crippen LogP contribution in [0.3, 0.4) is 0 Å². The SMILES string of the molecule is CC1(C)[C@H]2Cc3ccccc3[C@]1(C)CCN2C(=O)c1cccc(O)c1. The minimum Gasteiger partial charge on any atom is -0.508 e. The number of rotatable bonds is 1. The summed E-state index contributed by atoms with van der Waals surface area (Å²) in [6, 6.07) is 15.6. The number of fused-ring (bicyclic) bond motifs is 4. The second kappa shape index (κ2) is 5.35. The van der Waals surface area contributed by atoms with Crippen LogP contribution in [0.15, 0.2) is 48.5 Å². The molecule has 2 aromatic carbocycles. The Morgan fingerprint density at radius 3 is 2.64 bits per heavy atom. The van der Waals surface area contributed by atoms with Gasteiger partial charge in [0, 0.05) is 23.6 Å². The van der Waals surface area contributed by atoms with Crippen LogP contribution in [0.1, 0.15) is 48.7 Å². The van der Waals surface area contributed by atoms with Crippen molar-refractivity contribution in [1.82, 2.24) is 4.90 Å². The summed E-state index contributed by atoms with van der Waals surface area (Å²) in [6.07, 6.45) is 1.85. The number of amides is 1. The maximum Gasteiger partial charge on any atom is 0.254 e. The molecule has 3 heteroatoms. The molecule has 0 radical (unpaired) electrons. The zero-order chi connectivity index (χ0) is 17.8. The minimum atomic E-state index is -0.00785. The van der Waals surface area contributed by atoms with Gasteiger partial charge in [-0.15, -0.1) is 0 Å². The van der Waals surface area contributed by atoms with Crippen molar-refractivity contribution in [2.24, 2.45) is 5.41 Å². The number of phenolic OH excluding ortho intramolecular Hbond substituents is 1. The highest BCUT2D eigenvalue weighted by atomic mass is 16.3. The number of carbonyl (C=O) groups is 1. The second-order valence-electron chi connectivity index (χ2n) is 8.23. The van der Waals surface area contributed by atoms with Crippen molar-refractivity contribution in [3.05, 3.63) is 65.2 Å². The van der Waals surface area contributed by atoms with Gasteiger partial charge < -0.3 is 10.0 Å². The van der Waals surface area contributed by atoms with E-state index >= 15 is 0 Å². The third kappa shape index (κ3) is 2.21. The predicted octanol–water partition coefficient (Wildman–Crippen LogP) is 4.15. The first kappa shape index (κ1) is 16.2. The summed E-state index contributed by atoms with van der Waals surface area (Å²) in [4.78, 5) is 15.2. The highest BCUT2D eigenvalue weighted by Crippen LogP contribution is 2.56. The summed E-state index contributed by atoms with van der Waals surface area (Å²) in [5.41, 5.74) is 3.44. The molecule has 2 aromatic rings. The predicted molar refractivity (Wildman–Crippen MR) is 98.8 cm³/mol. The van der Waals surface area contributed by atoms with Gasteiger partial charge in [0.1, 0.15) is 5.75 Å². The first-order valence-electron chi connectivity index (χ1n) is 9.03. The summed E-state index contributed by atoms with van der Waals surface area (Å²) in [6.45, 7) is 7.71. The van der Waals surface area contributed by atoms with Gasteiger partial charge in [0.05, 0.1) is 0 Å². The molecule has 0 aromatic heterocycles. The monoisotopic (exact) mass is 335 g/mol. The highest BCUT2D eigenvalue weighted by Gasteiger charge is 2.56. The number of benzene rings is 2. The molecule has 25 heavy (non-hydrogen) atoms. The fourth-order valence-corrected chi connectivity index (χ4v) is 4.92. The van der Waals surface area contributed by atoms with Crippen LogP contribution in [-0.2, 0) is 11.8 Å². The molecular weight excluding hydrogens is 310 g/mol. The maximum atomic E-state index is 13.2. The van der Waals surface area contributed by atoms with Crippen LogP contribution in [0.2, 0.25) is 0 Å². The van der Waals surface area contributed by atoms with Crippen molar-refractivity contribution in [2.45, 2.75) is 45.1 Å². The van der Waals surface area contributed by atoms with E-state index in [2.05, 4.69) is 45.0 Å². The van der Waals surface area contributed by atoms with Crippen LogP contribution >= 0.6 is 0 Å². The smallest absolute Gasteiger partial charge is 0.254 e. The molecule has 1 heterocycles. The summed E-state index contributed by atoms with van der Waals surface area (Å²) in [5.74, 6) is 0.163. The number of phenols is 1. The molecule has 3 nitrogen and oxygen atoms in total. The Bertz CT molecular complexity index is 841. The first-order valence-corrected chi connectivity index (χ1v) is 9.03. The topological polar surface area (TPSA) is 40.5 Å². The molecule has 0 unspecified atom stereocenters. The van der Waals surface area contributed by atoms with Crippen molar-refractivity contribution < 1.29 is 9.90 Å². The van der Waals surface area contributed by atoms with E-state index in [-0.39, 0.29) is 28.5 Å². The highest BCUT2D eigenvalue weighted by molar-refractivity contribution is 5.95. The van der Waals surface area contributed by atoms with Crippen molar-refractivity contribution in [1.29, 1.82) is 0 Å². The zero-order valence-corrected chi connectivity index (χ0v) is 15.1. The van der Waals surface area contributed by atoms with Crippen molar-refractivity contribution in [2.75, 3.05) is 6.54 Å². The lowest BCUT2D eigenvalue weighted by Crippen LogP contribution is -2.64. The van der Waals surface area contributed by atoms with E-state index in [1.807, 2.05) is 4.90 Å². The second-order valence-corrected chi connectivity index (χ2v) is 8.23. The van der Waals surface area contributed by atoms with E-state index in [0.29, 0.717) is 5.56 Å². The quantitative estimate of drug-likeness (QED) is 0.850. The van der Waals surface area contributed by atoms with Gasteiger partial charge in [-0.3, -0.25) is 4.79 Å². The fraction of sp³-hybridized carbons (Fsp3) is 0.409. The van der Waals surface area contributed by atoms with Gasteiger partial charge in [-0.25, -0.2) is 0 Å². The summed E-state index contributed by atoms with van der Waals surface area (Å²) in [7, 11) is 0. The molecule has 4 rings (SSSR count). The van der Waals surface area contributed by atoms with Crippen LogP contribution in [0, 0.1) is 5.41 Å². The van der Waals surface area contributed by atoms with E-state index in [9.17, 15) is 9.90 Å². The molecular formula is C22H25NO2. The lowest BCUT2D eigenvalue weighted by molar-refractivity contribution is -0.0262. The lowest BCUT2D eigenvalue weighted by atomic mass is 9.51. The summed E-state index contributed by atoms with van der Waals surface area (Å²) in [5, 5.41) is 9.74. The van der Waals surface area contributed by atoms with Crippen molar-refractivity contribution in [3.8, 4) is 5.75 Å². The van der Waals surface area contributed by atoms with E-state index in [4.69, 9.17) is 0 Å². The van der Waals surface area contributed by atoms with Gasteiger partial charge in [-0.05, 0) is 47.6 Å². The first-order chi connectivity index (χ1) is 11.8. The molecule has 1 aliphatic carbocycles. The van der Waals surface area contributed by atoms with Gasteiger partial charge in [0.15, 0.2) is 0 Å². The Kier molecular flexibility index (Phi) is 3.47. The van der Waals surface area contributed by atoms with Crippen LogP contribution in [0.4, 0.5) is 0 Å². The lowest BCUT2D eigenvalue weighted by Gasteiger charge is -2.60. The molecule has 1 N–H and O–H groups in total. The van der Waals surface area contributed by atoms with Crippen LogP contribution in [0.25, 0.3) is 0 Å². The molecule has 1 aliphatic heterocycles. The minimum absolute atomic E-state index is 0.00785. The Balaban J connectivity index is 1.77. The van der Waals surface area contributed by atoms with E-state index < -0.39 is 0 Å². The molecule has 0 spiro atoms. The van der Waals surface area contributed by atoms with E-state index in [0.717, 1.165) is 19.4 Å². The Hall–Kier alpha value is -2.29. The summed E-state index contributed by atoms with van der Waals surface area (Å²) < 4.78 is 0. The van der Waals surface area contributed by atoms with Crippen molar-refractivity contribution >= 4 is 5.91 Å². The molecule has 2 atom stereocenters. The molecule has 2 bridgehead atoms. The summed E-state index contributed by atoms with van der Waals surface area (Å²) >= 11 is 0. The van der Waals surface area contributed by atoms with Gasteiger partial charge >= 0.3 is 0 Å². The number of hydrogen-bond acceptors (Lipinski definition) is 2. The van der Waals surface area contributed by atoms with Gasteiger partial charge in [0.2, 0.25) is 0 Å². The van der Waals surface area contributed by atoms with Crippen LogP contribution in [-0.4, -0.2) is 28.5 Å². The number of carbonyl (C=O) groups excluding carboxylic acids is 1. The van der Waals surface area contributed by atoms with Gasteiger partial charge in [-0.2, -0.15) is 0 Å². The molecule has 130 valence electrons. The Morgan fingerprint density at radius 2 is 1.88 bits per heavy atom. The molecule has 1 fully saturated rings. The third-order valence-electron chi connectivity index (χ3n) is 6.86. The maximum absolute atomic E-state index is 13.2. The number of hydrogen-bond donors (Lipinski definition) is 1. The largest absolute Gasteiger partial charge is 0.508 e. The Morgan fingerprint density at radius 1 is 1.12 bits per heavy atom. The number of aromatic hydroxyl groups is 1. The third-order valence-corrected chi connectivity index (χ3v) is 6.86. The van der Waals surface area contributed by atoms with Gasteiger partial charge in [0.25, 0.3) is 5.91 Å². The zero-order valence-electron chi connectivity index (χ0n) is 15.1. The number of likely N-dealkylation sites (tertiary alicyclic amines) is 1. The van der Waals surface area contributed by atoms with E-state index in [1.54, 1.807) is 24.3 Å². The standard InChI is InChI=1S/C22H25NO2/c1-21(2)19-14-15-7-4-5-10-18(15)22(21,3)11-12-23(19)20(25)16-8-6-9-17(24)13-16/h4-10,13,19,24H,11-12,14H2,1-3H3/t19-,22+/m1/s1. The molecule has 1 saturated heterocycles. The Labute approximate surface area is 149 Å². The average Bonchev–Trinajstić information content (AvgIpc) is 2.58. The van der Waals surface area contributed by atoms with Crippen molar-refractivity contribution in [3.63, 3.8) is 0 Å². The molecule has 2 aliphatic rings. The normalized spacial score (nSPS) is 26.8. The van der Waals surface area contributed by atoms with Crippen LogP contribution < -0.4 is 0 Å². The average molecular weight is 335 g/mol.